The molecule has 3 aromatic rings. The van der Waals surface area contributed by atoms with E-state index in [1.54, 1.807) is 0 Å². The van der Waals surface area contributed by atoms with Crippen LogP contribution in [-0.4, -0.2) is 74.5 Å². The highest BCUT2D eigenvalue weighted by Crippen LogP contribution is 2.39. The number of benzene rings is 1. The van der Waals surface area contributed by atoms with Gasteiger partial charge < -0.3 is 15.3 Å². The summed E-state index contributed by atoms with van der Waals surface area (Å²) in [4.78, 5) is 18.4. The van der Waals surface area contributed by atoms with Crippen molar-refractivity contribution in [1.29, 1.82) is 0 Å². The average Bonchev–Trinajstić information content (AvgIpc) is 3.57. The minimum atomic E-state index is 0.171. The SMILES string of the molecule is OCCN1CCN(c2nc(/C=C/c3cccc(Cl)c3)nc(Nc3cc(C4CC4)[nH]n3)n2)CC1. The van der Waals surface area contributed by atoms with Gasteiger partial charge in [0.2, 0.25) is 11.9 Å². The van der Waals surface area contributed by atoms with Gasteiger partial charge in [-0.3, -0.25) is 10.00 Å². The van der Waals surface area contributed by atoms with E-state index in [0.29, 0.717) is 41.0 Å². The lowest BCUT2D eigenvalue weighted by Gasteiger charge is -2.34. The molecule has 3 N–H and O–H groups in total. The molecule has 10 heteroatoms. The molecule has 0 radical (unpaired) electrons. The molecule has 2 aliphatic rings. The maximum atomic E-state index is 9.20. The summed E-state index contributed by atoms with van der Waals surface area (Å²) in [6.07, 6.45) is 6.22. The van der Waals surface area contributed by atoms with Crippen LogP contribution in [0, 0.1) is 0 Å². The molecule has 2 fully saturated rings. The number of hydrogen-bond donors (Lipinski definition) is 3. The first-order chi connectivity index (χ1) is 16.2. The smallest absolute Gasteiger partial charge is 0.233 e. The minimum Gasteiger partial charge on any atom is -0.395 e. The molecule has 172 valence electrons. The van der Waals surface area contributed by atoms with Gasteiger partial charge >= 0.3 is 0 Å². The maximum absolute atomic E-state index is 9.20. The van der Waals surface area contributed by atoms with Crippen LogP contribution in [0.2, 0.25) is 5.02 Å². The van der Waals surface area contributed by atoms with Gasteiger partial charge in [-0.05, 0) is 36.6 Å². The van der Waals surface area contributed by atoms with E-state index in [1.165, 1.54) is 12.8 Å². The van der Waals surface area contributed by atoms with Gasteiger partial charge in [0.25, 0.3) is 0 Å². The molecule has 1 aromatic carbocycles. The van der Waals surface area contributed by atoms with Gasteiger partial charge in [0, 0.05) is 55.4 Å². The zero-order chi connectivity index (χ0) is 22.6. The fourth-order valence-electron chi connectivity index (χ4n) is 3.87. The number of hydrogen-bond acceptors (Lipinski definition) is 8. The molecule has 1 aliphatic carbocycles. The molecule has 33 heavy (non-hydrogen) atoms. The second-order valence-electron chi connectivity index (χ2n) is 8.37. The monoisotopic (exact) mass is 466 g/mol. The van der Waals surface area contributed by atoms with Crippen molar-refractivity contribution in [3.63, 3.8) is 0 Å². The van der Waals surface area contributed by atoms with E-state index in [0.717, 1.165) is 37.4 Å². The third kappa shape index (κ3) is 5.68. The van der Waals surface area contributed by atoms with E-state index in [-0.39, 0.29) is 6.61 Å². The van der Waals surface area contributed by atoms with Crippen molar-refractivity contribution in [1.82, 2.24) is 30.0 Å². The van der Waals surface area contributed by atoms with Gasteiger partial charge in [0.1, 0.15) is 0 Å². The highest BCUT2D eigenvalue weighted by Gasteiger charge is 2.26. The quantitative estimate of drug-likeness (QED) is 0.465. The summed E-state index contributed by atoms with van der Waals surface area (Å²) >= 11 is 6.11. The molecule has 0 bridgehead atoms. The Kier molecular flexibility index (Phi) is 6.52. The first-order valence-corrected chi connectivity index (χ1v) is 11.6. The van der Waals surface area contributed by atoms with Gasteiger partial charge in [-0.15, -0.1) is 0 Å². The van der Waals surface area contributed by atoms with Crippen LogP contribution in [0.3, 0.4) is 0 Å². The van der Waals surface area contributed by atoms with Crippen LogP contribution in [0.1, 0.15) is 35.8 Å². The lowest BCUT2D eigenvalue weighted by molar-refractivity contribution is 0.188. The summed E-state index contributed by atoms with van der Waals surface area (Å²) in [7, 11) is 0. The number of H-pyrrole nitrogens is 1. The molecule has 3 heterocycles. The lowest BCUT2D eigenvalue weighted by Crippen LogP contribution is -2.47. The largest absolute Gasteiger partial charge is 0.395 e. The van der Waals surface area contributed by atoms with Gasteiger partial charge in [-0.2, -0.15) is 20.1 Å². The fraction of sp³-hybridized carbons (Fsp3) is 0.391. The zero-order valence-corrected chi connectivity index (χ0v) is 19.0. The number of nitrogens with zero attached hydrogens (tertiary/aromatic N) is 6. The van der Waals surface area contributed by atoms with E-state index in [2.05, 4.69) is 35.3 Å². The Morgan fingerprint density at radius 1 is 1.09 bits per heavy atom. The van der Waals surface area contributed by atoms with E-state index >= 15 is 0 Å². The summed E-state index contributed by atoms with van der Waals surface area (Å²) < 4.78 is 0. The van der Waals surface area contributed by atoms with Crippen LogP contribution >= 0.6 is 11.6 Å². The number of aromatic amines is 1. The Morgan fingerprint density at radius 2 is 1.94 bits per heavy atom. The van der Waals surface area contributed by atoms with Crippen molar-refractivity contribution >= 4 is 41.5 Å². The maximum Gasteiger partial charge on any atom is 0.233 e. The van der Waals surface area contributed by atoms with Crippen molar-refractivity contribution in [2.24, 2.45) is 0 Å². The zero-order valence-electron chi connectivity index (χ0n) is 18.3. The molecule has 0 unspecified atom stereocenters. The first kappa shape index (κ1) is 21.8. The van der Waals surface area contributed by atoms with E-state index < -0.39 is 0 Å². The first-order valence-electron chi connectivity index (χ1n) is 11.3. The highest BCUT2D eigenvalue weighted by molar-refractivity contribution is 6.30. The Bertz CT molecular complexity index is 1120. The van der Waals surface area contributed by atoms with Crippen molar-refractivity contribution in [3.8, 4) is 0 Å². The molecule has 0 amide bonds. The molecule has 9 nitrogen and oxygen atoms in total. The molecule has 5 rings (SSSR count). The molecule has 1 saturated heterocycles. The Balaban J connectivity index is 1.39. The lowest BCUT2D eigenvalue weighted by atomic mass is 10.2. The number of anilines is 3. The molecule has 1 saturated carbocycles. The van der Waals surface area contributed by atoms with Crippen LogP contribution in [0.15, 0.2) is 30.3 Å². The van der Waals surface area contributed by atoms with E-state index in [9.17, 15) is 5.11 Å². The Hall–Kier alpha value is -3.01. The third-order valence-corrected chi connectivity index (χ3v) is 6.08. The molecule has 0 spiro atoms. The minimum absolute atomic E-state index is 0.171. The normalized spacial score (nSPS) is 17.1. The van der Waals surface area contributed by atoms with Crippen LogP contribution in [0.25, 0.3) is 12.2 Å². The number of aromatic nitrogens is 5. The van der Waals surface area contributed by atoms with Crippen molar-refractivity contribution in [2.45, 2.75) is 18.8 Å². The van der Waals surface area contributed by atoms with Crippen molar-refractivity contribution in [2.75, 3.05) is 49.5 Å². The summed E-state index contributed by atoms with van der Waals surface area (Å²) in [5.41, 5.74) is 2.12. The molecule has 1 aliphatic heterocycles. The molecule has 0 atom stereocenters. The van der Waals surface area contributed by atoms with E-state index in [1.807, 2.05) is 42.5 Å². The number of piperazine rings is 1. The second-order valence-corrected chi connectivity index (χ2v) is 8.80. The number of halogens is 1. The van der Waals surface area contributed by atoms with Gasteiger partial charge in [0.05, 0.1) is 6.61 Å². The number of aliphatic hydroxyl groups is 1. The topological polar surface area (TPSA) is 106 Å². The summed E-state index contributed by atoms with van der Waals surface area (Å²) in [6, 6.07) is 9.65. The summed E-state index contributed by atoms with van der Waals surface area (Å²) in [6.45, 7) is 4.14. The summed E-state index contributed by atoms with van der Waals surface area (Å²) in [5, 5.41) is 20.6. The van der Waals surface area contributed by atoms with Crippen LogP contribution in [0.4, 0.5) is 17.7 Å². The van der Waals surface area contributed by atoms with Crippen LogP contribution < -0.4 is 10.2 Å². The number of rotatable bonds is 8. The number of nitrogens with one attached hydrogen (secondary N) is 2. The predicted octanol–water partition coefficient (Wildman–Crippen LogP) is 3.15. The van der Waals surface area contributed by atoms with Gasteiger partial charge in [-0.1, -0.05) is 29.8 Å². The third-order valence-electron chi connectivity index (χ3n) is 5.84. The highest BCUT2D eigenvalue weighted by atomic mass is 35.5. The fourth-order valence-corrected chi connectivity index (χ4v) is 4.06. The van der Waals surface area contributed by atoms with Crippen molar-refractivity contribution in [3.05, 3.63) is 52.4 Å². The van der Waals surface area contributed by atoms with Gasteiger partial charge in [0.15, 0.2) is 11.6 Å². The molecule has 2 aromatic heterocycles. The Morgan fingerprint density at radius 3 is 2.70 bits per heavy atom. The predicted molar refractivity (Wildman–Crippen MR) is 130 cm³/mol. The van der Waals surface area contributed by atoms with Crippen LogP contribution in [-0.2, 0) is 0 Å². The van der Waals surface area contributed by atoms with Crippen molar-refractivity contribution < 1.29 is 5.11 Å². The molecular formula is C23H27ClN8O. The second kappa shape index (κ2) is 9.86. The average molecular weight is 467 g/mol. The standard InChI is InChI=1S/C23H27ClN8O/c24-18-3-1-2-16(14-18)4-7-20-25-22(26-21-15-19(29-30-21)17-5-6-17)28-23(27-20)32-10-8-31(9-11-32)12-13-33/h1-4,7,14-15,17,33H,5-6,8-13H2,(H2,25,26,27,28,29,30)/b7-4+. The summed E-state index contributed by atoms with van der Waals surface area (Å²) in [5.74, 6) is 2.93. The van der Waals surface area contributed by atoms with Crippen LogP contribution in [0.5, 0.6) is 0 Å². The van der Waals surface area contributed by atoms with Gasteiger partial charge in [-0.25, -0.2) is 0 Å². The number of β-amino-alcohol motifs (C(OH)–C–C–N with tert-alkyl or cyclic N) is 1. The van der Waals surface area contributed by atoms with E-state index in [4.69, 9.17) is 16.6 Å². The number of aliphatic hydroxyl groups excluding tert-OH is 1. The molecular weight excluding hydrogens is 440 g/mol. The Labute approximate surface area is 197 Å².